The van der Waals surface area contributed by atoms with E-state index in [2.05, 4.69) is 0 Å². The molecule has 0 aromatic carbocycles. The third-order valence-corrected chi connectivity index (χ3v) is 3.89. The Morgan fingerprint density at radius 3 is 2.29 bits per heavy atom. The fraction of sp³-hybridized carbons (Fsp3) is 0.846. The van der Waals surface area contributed by atoms with Crippen molar-refractivity contribution < 1.29 is 22.8 Å². The van der Waals surface area contributed by atoms with E-state index in [1.54, 1.807) is 9.80 Å². The van der Waals surface area contributed by atoms with E-state index in [-0.39, 0.29) is 31.3 Å². The van der Waals surface area contributed by atoms with Gasteiger partial charge in [-0.3, -0.25) is 14.5 Å². The number of piperazine rings is 1. The molecular formula is C13H20F3N3O2. The number of nitrogens with zero attached hydrogens (tertiary/aromatic N) is 3. The maximum absolute atomic E-state index is 12.3. The zero-order chi connectivity index (χ0) is 15.5. The smallest absolute Gasteiger partial charge is 0.342 e. The van der Waals surface area contributed by atoms with Crippen LogP contribution in [0.2, 0.25) is 0 Å². The summed E-state index contributed by atoms with van der Waals surface area (Å²) in [7, 11) is 0. The number of hydrogen-bond donors (Lipinski definition) is 0. The topological polar surface area (TPSA) is 43.9 Å². The second-order valence-corrected chi connectivity index (χ2v) is 5.51. The van der Waals surface area contributed by atoms with Crippen molar-refractivity contribution in [1.82, 2.24) is 14.7 Å². The Bertz CT molecular complexity index is 393. The summed E-state index contributed by atoms with van der Waals surface area (Å²) in [6.45, 7) is 1.33. The fourth-order valence-electron chi connectivity index (χ4n) is 2.74. The quantitative estimate of drug-likeness (QED) is 0.768. The molecule has 0 bridgehead atoms. The number of halogens is 3. The molecule has 2 rings (SSSR count). The van der Waals surface area contributed by atoms with E-state index in [1.807, 2.05) is 0 Å². The van der Waals surface area contributed by atoms with E-state index >= 15 is 0 Å². The molecular weight excluding hydrogens is 287 g/mol. The van der Waals surface area contributed by atoms with Crippen molar-refractivity contribution in [1.29, 1.82) is 0 Å². The third kappa shape index (κ3) is 4.87. The number of rotatable bonds is 4. The number of amides is 2. The van der Waals surface area contributed by atoms with Crippen molar-refractivity contribution in [2.45, 2.75) is 25.4 Å². The normalized spacial score (nSPS) is 21.2. The van der Waals surface area contributed by atoms with E-state index in [0.717, 1.165) is 6.42 Å². The number of alkyl halides is 3. The van der Waals surface area contributed by atoms with Gasteiger partial charge in [-0.2, -0.15) is 13.2 Å². The van der Waals surface area contributed by atoms with Gasteiger partial charge in [-0.1, -0.05) is 0 Å². The van der Waals surface area contributed by atoms with E-state index in [0.29, 0.717) is 32.6 Å². The molecule has 0 N–H and O–H groups in total. The van der Waals surface area contributed by atoms with Crippen LogP contribution < -0.4 is 0 Å². The summed E-state index contributed by atoms with van der Waals surface area (Å²) in [5.74, 6) is -0.000782. The van der Waals surface area contributed by atoms with Crippen LogP contribution in [0.1, 0.15) is 19.3 Å². The van der Waals surface area contributed by atoms with Gasteiger partial charge in [0.15, 0.2) is 0 Å². The minimum absolute atomic E-state index is 0.0813. The maximum Gasteiger partial charge on any atom is 0.401 e. The summed E-state index contributed by atoms with van der Waals surface area (Å²) in [6.07, 6.45) is -2.55. The molecule has 0 unspecified atom stereocenters. The van der Waals surface area contributed by atoms with Crippen LogP contribution >= 0.6 is 0 Å². The van der Waals surface area contributed by atoms with Crippen LogP contribution in [0.15, 0.2) is 0 Å². The molecule has 2 saturated heterocycles. The van der Waals surface area contributed by atoms with E-state index in [9.17, 15) is 22.8 Å². The molecule has 0 saturated carbocycles. The van der Waals surface area contributed by atoms with Gasteiger partial charge in [-0.25, -0.2) is 0 Å². The number of likely N-dealkylation sites (tertiary alicyclic amines) is 1. The molecule has 0 aromatic heterocycles. The molecule has 8 heteroatoms. The standard InChI is InChI=1S/C13H20F3N3O2/c14-13(15,16)10-17-6-8-19(9-7-17)12(21)3-5-18-4-1-2-11(18)20/h1-10H2. The van der Waals surface area contributed by atoms with Crippen molar-refractivity contribution in [3.8, 4) is 0 Å². The minimum atomic E-state index is -4.19. The fourth-order valence-corrected chi connectivity index (χ4v) is 2.74. The molecule has 2 amide bonds. The summed E-state index contributed by atoms with van der Waals surface area (Å²) in [6, 6.07) is 0. The third-order valence-electron chi connectivity index (χ3n) is 3.89. The lowest BCUT2D eigenvalue weighted by Gasteiger charge is -2.35. The summed E-state index contributed by atoms with van der Waals surface area (Å²) < 4.78 is 36.8. The minimum Gasteiger partial charge on any atom is -0.342 e. The Morgan fingerprint density at radius 1 is 1.10 bits per heavy atom. The second kappa shape index (κ2) is 6.64. The van der Waals surface area contributed by atoms with Crippen LogP contribution in [0.25, 0.3) is 0 Å². The van der Waals surface area contributed by atoms with Crippen molar-refractivity contribution in [2.75, 3.05) is 45.8 Å². The average molecular weight is 307 g/mol. The van der Waals surface area contributed by atoms with E-state index in [1.165, 1.54) is 4.90 Å². The lowest BCUT2D eigenvalue weighted by atomic mass is 10.2. The average Bonchev–Trinajstić information content (AvgIpc) is 2.80. The Morgan fingerprint density at radius 2 is 1.76 bits per heavy atom. The first-order chi connectivity index (χ1) is 9.85. The molecule has 120 valence electrons. The molecule has 0 aliphatic carbocycles. The predicted octanol–water partition coefficient (Wildman–Crippen LogP) is 0.705. The van der Waals surface area contributed by atoms with Gasteiger partial charge in [0.2, 0.25) is 11.8 Å². The highest BCUT2D eigenvalue weighted by Gasteiger charge is 2.33. The summed E-state index contributed by atoms with van der Waals surface area (Å²) in [5, 5.41) is 0. The Kier molecular flexibility index (Phi) is 5.08. The summed E-state index contributed by atoms with van der Waals surface area (Å²) in [5.41, 5.74) is 0. The predicted molar refractivity (Wildman–Crippen MR) is 69.5 cm³/mol. The van der Waals surface area contributed by atoms with Gasteiger partial charge in [0.1, 0.15) is 0 Å². The van der Waals surface area contributed by atoms with Crippen molar-refractivity contribution in [2.24, 2.45) is 0 Å². The zero-order valence-electron chi connectivity index (χ0n) is 11.9. The molecule has 2 aliphatic rings. The largest absolute Gasteiger partial charge is 0.401 e. The molecule has 2 fully saturated rings. The molecule has 0 spiro atoms. The van der Waals surface area contributed by atoms with Crippen LogP contribution in [-0.4, -0.2) is 78.5 Å². The van der Waals surface area contributed by atoms with Crippen LogP contribution in [0.3, 0.4) is 0 Å². The Labute approximate surface area is 121 Å². The number of hydrogen-bond acceptors (Lipinski definition) is 3. The van der Waals surface area contributed by atoms with Crippen LogP contribution in [0.4, 0.5) is 13.2 Å². The van der Waals surface area contributed by atoms with Gasteiger partial charge in [-0.15, -0.1) is 0 Å². The van der Waals surface area contributed by atoms with Gasteiger partial charge in [0.25, 0.3) is 0 Å². The van der Waals surface area contributed by atoms with Gasteiger partial charge >= 0.3 is 6.18 Å². The summed E-state index contributed by atoms with van der Waals surface area (Å²) in [4.78, 5) is 28.0. The number of carbonyl (C=O) groups is 2. The highest BCUT2D eigenvalue weighted by molar-refractivity contribution is 5.80. The highest BCUT2D eigenvalue weighted by atomic mass is 19.4. The first-order valence-corrected chi connectivity index (χ1v) is 7.20. The van der Waals surface area contributed by atoms with Gasteiger partial charge in [0.05, 0.1) is 6.54 Å². The molecule has 5 nitrogen and oxygen atoms in total. The Balaban J connectivity index is 1.69. The second-order valence-electron chi connectivity index (χ2n) is 5.51. The van der Waals surface area contributed by atoms with Crippen LogP contribution in [0, 0.1) is 0 Å². The van der Waals surface area contributed by atoms with Crippen LogP contribution in [-0.2, 0) is 9.59 Å². The lowest BCUT2D eigenvalue weighted by Crippen LogP contribution is -2.51. The molecule has 2 aliphatic heterocycles. The summed E-state index contributed by atoms with van der Waals surface area (Å²) >= 11 is 0. The molecule has 2 heterocycles. The molecule has 0 aromatic rings. The molecule has 21 heavy (non-hydrogen) atoms. The highest BCUT2D eigenvalue weighted by Crippen LogP contribution is 2.18. The first-order valence-electron chi connectivity index (χ1n) is 7.20. The molecule has 0 atom stereocenters. The SMILES string of the molecule is O=C1CCCN1CCC(=O)N1CCN(CC(F)(F)F)CC1. The van der Waals surface area contributed by atoms with Crippen molar-refractivity contribution >= 4 is 11.8 Å². The Hall–Kier alpha value is -1.31. The van der Waals surface area contributed by atoms with Gasteiger partial charge in [-0.05, 0) is 6.42 Å². The maximum atomic E-state index is 12.3. The van der Waals surface area contributed by atoms with Crippen molar-refractivity contribution in [3.63, 3.8) is 0 Å². The number of carbonyl (C=O) groups excluding carboxylic acids is 2. The monoisotopic (exact) mass is 307 g/mol. The zero-order valence-corrected chi connectivity index (χ0v) is 11.9. The van der Waals surface area contributed by atoms with E-state index in [4.69, 9.17) is 0 Å². The lowest BCUT2D eigenvalue weighted by molar-refractivity contribution is -0.151. The van der Waals surface area contributed by atoms with E-state index < -0.39 is 12.7 Å². The van der Waals surface area contributed by atoms with Crippen LogP contribution in [0.5, 0.6) is 0 Å². The van der Waals surface area contributed by atoms with Gasteiger partial charge in [0, 0.05) is 52.1 Å². The molecule has 0 radical (unpaired) electrons. The first kappa shape index (κ1) is 16.1. The van der Waals surface area contributed by atoms with Crippen molar-refractivity contribution in [3.05, 3.63) is 0 Å². The van der Waals surface area contributed by atoms with Gasteiger partial charge < -0.3 is 9.80 Å².